The summed E-state index contributed by atoms with van der Waals surface area (Å²) in [5, 5.41) is 26.5. The van der Waals surface area contributed by atoms with E-state index in [1.54, 1.807) is 0 Å². The quantitative estimate of drug-likeness (QED) is 0.516. The van der Waals surface area contributed by atoms with E-state index in [9.17, 15) is 10.4 Å². The zero-order valence-electron chi connectivity index (χ0n) is 17.2. The van der Waals surface area contributed by atoms with E-state index in [1.165, 1.54) is 11.8 Å². The Morgan fingerprint density at radius 1 is 1.29 bits per heavy atom. The second-order valence-electron chi connectivity index (χ2n) is 6.84. The average Bonchev–Trinajstić information content (AvgIpc) is 2.68. The van der Waals surface area contributed by atoms with Crippen molar-refractivity contribution >= 4 is 17.5 Å². The minimum absolute atomic E-state index is 0.317. The largest absolute Gasteiger partial charge is 0.490 e. The molecule has 0 saturated heterocycles. The molecule has 0 aromatic heterocycles. The van der Waals surface area contributed by atoms with Crippen molar-refractivity contribution in [1.29, 1.82) is 5.26 Å². The summed E-state index contributed by atoms with van der Waals surface area (Å²) in [6, 6.07) is 6.60. The van der Waals surface area contributed by atoms with Crippen LogP contribution in [0.3, 0.4) is 0 Å². The van der Waals surface area contributed by atoms with Gasteiger partial charge in [0.2, 0.25) is 0 Å². The van der Waals surface area contributed by atoms with Gasteiger partial charge in [-0.05, 0) is 38.0 Å². The summed E-state index contributed by atoms with van der Waals surface area (Å²) in [5.41, 5.74) is 2.91. The second kappa shape index (κ2) is 11.2. The highest BCUT2D eigenvalue weighted by molar-refractivity contribution is 8.03. The smallest absolute Gasteiger partial charge is 0.161 e. The van der Waals surface area contributed by atoms with Crippen LogP contribution in [0.2, 0.25) is 0 Å². The molecule has 0 bridgehead atoms. The SMILES string of the molecule is CCOc1cc2c(cc1OCC)C(=C(C#N)SCC(O)CNC(C)C)NCC2. The second-order valence-corrected chi connectivity index (χ2v) is 7.87. The summed E-state index contributed by atoms with van der Waals surface area (Å²) < 4.78 is 11.5. The third-order valence-electron chi connectivity index (χ3n) is 4.25. The third-order valence-corrected chi connectivity index (χ3v) is 5.38. The highest BCUT2D eigenvalue weighted by Gasteiger charge is 2.22. The van der Waals surface area contributed by atoms with Crippen molar-refractivity contribution in [3.63, 3.8) is 0 Å². The van der Waals surface area contributed by atoms with Crippen LogP contribution < -0.4 is 20.1 Å². The number of hydrogen-bond acceptors (Lipinski definition) is 7. The first kappa shape index (κ1) is 22.4. The van der Waals surface area contributed by atoms with Crippen LogP contribution in [-0.2, 0) is 6.42 Å². The Morgan fingerprint density at radius 2 is 1.96 bits per heavy atom. The summed E-state index contributed by atoms with van der Waals surface area (Å²) in [7, 11) is 0. The van der Waals surface area contributed by atoms with E-state index in [1.807, 2.05) is 39.8 Å². The van der Waals surface area contributed by atoms with Crippen LogP contribution in [0.4, 0.5) is 0 Å². The maximum Gasteiger partial charge on any atom is 0.161 e. The number of nitrogens with zero attached hydrogens (tertiary/aromatic N) is 1. The molecule has 3 N–H and O–H groups in total. The third kappa shape index (κ3) is 6.06. The molecule has 0 aliphatic carbocycles. The Kier molecular flexibility index (Phi) is 8.97. The molecule has 1 aromatic rings. The minimum Gasteiger partial charge on any atom is -0.490 e. The van der Waals surface area contributed by atoms with Gasteiger partial charge in [0.15, 0.2) is 11.5 Å². The van der Waals surface area contributed by atoms with E-state index in [0.717, 1.165) is 35.5 Å². The van der Waals surface area contributed by atoms with Crippen molar-refractivity contribution in [3.05, 3.63) is 28.2 Å². The van der Waals surface area contributed by atoms with E-state index < -0.39 is 6.10 Å². The zero-order valence-corrected chi connectivity index (χ0v) is 18.0. The van der Waals surface area contributed by atoms with Crippen LogP contribution >= 0.6 is 11.8 Å². The van der Waals surface area contributed by atoms with Crippen LogP contribution in [0.25, 0.3) is 5.70 Å². The van der Waals surface area contributed by atoms with Gasteiger partial charge in [0.25, 0.3) is 0 Å². The van der Waals surface area contributed by atoms with E-state index in [0.29, 0.717) is 42.2 Å². The van der Waals surface area contributed by atoms with Crippen molar-refractivity contribution in [2.45, 2.75) is 46.3 Å². The molecule has 7 heteroatoms. The molecule has 0 saturated carbocycles. The number of hydrogen-bond donors (Lipinski definition) is 3. The number of thioether (sulfide) groups is 1. The highest BCUT2D eigenvalue weighted by atomic mass is 32.2. The first-order valence-corrected chi connectivity index (χ1v) is 10.8. The molecular formula is C21H31N3O3S. The van der Waals surface area contributed by atoms with E-state index in [2.05, 4.69) is 16.7 Å². The molecule has 154 valence electrons. The van der Waals surface area contributed by atoms with Crippen LogP contribution in [0.5, 0.6) is 11.5 Å². The number of ether oxygens (including phenoxy) is 2. The number of nitrogens with one attached hydrogen (secondary N) is 2. The Hall–Kier alpha value is -1.88. The Balaban J connectivity index is 2.28. The minimum atomic E-state index is -0.515. The topological polar surface area (TPSA) is 86.5 Å². The molecule has 1 unspecified atom stereocenters. The predicted octanol–water partition coefficient (Wildman–Crippen LogP) is 2.91. The van der Waals surface area contributed by atoms with Crippen LogP contribution in [-0.4, -0.2) is 49.3 Å². The normalized spacial score (nSPS) is 16.0. The van der Waals surface area contributed by atoms with Crippen LogP contribution in [0.15, 0.2) is 17.0 Å². The maximum atomic E-state index is 10.2. The lowest BCUT2D eigenvalue weighted by atomic mass is 9.97. The number of fused-ring (bicyclic) bond motifs is 1. The van der Waals surface area contributed by atoms with Crippen molar-refractivity contribution in [3.8, 4) is 17.6 Å². The molecule has 0 spiro atoms. The summed E-state index contributed by atoms with van der Waals surface area (Å²) in [6.45, 7) is 10.3. The number of allylic oxidation sites excluding steroid dienone is 1. The monoisotopic (exact) mass is 405 g/mol. The van der Waals surface area contributed by atoms with E-state index in [4.69, 9.17) is 9.47 Å². The first-order valence-electron chi connectivity index (χ1n) is 9.85. The molecule has 6 nitrogen and oxygen atoms in total. The highest BCUT2D eigenvalue weighted by Crippen LogP contribution is 2.37. The van der Waals surface area contributed by atoms with Gasteiger partial charge in [-0.1, -0.05) is 13.8 Å². The van der Waals surface area contributed by atoms with Crippen LogP contribution in [0, 0.1) is 11.3 Å². The van der Waals surface area contributed by atoms with E-state index >= 15 is 0 Å². The first-order chi connectivity index (χ1) is 13.5. The molecule has 0 radical (unpaired) electrons. The molecular weight excluding hydrogens is 374 g/mol. The molecule has 1 heterocycles. The van der Waals surface area contributed by atoms with Crippen molar-refractivity contribution in [2.24, 2.45) is 0 Å². The summed E-state index contributed by atoms with van der Waals surface area (Å²) in [4.78, 5) is 0.580. The number of aliphatic hydroxyl groups excluding tert-OH is 1. The molecule has 1 aliphatic rings. The fourth-order valence-electron chi connectivity index (χ4n) is 2.97. The predicted molar refractivity (Wildman–Crippen MR) is 115 cm³/mol. The van der Waals surface area contributed by atoms with Gasteiger partial charge in [0.05, 0.1) is 25.0 Å². The van der Waals surface area contributed by atoms with Gasteiger partial charge in [-0.15, -0.1) is 11.8 Å². The molecule has 1 atom stereocenters. The molecule has 0 fully saturated rings. The van der Waals surface area contributed by atoms with Crippen LogP contribution in [0.1, 0.15) is 38.8 Å². The zero-order chi connectivity index (χ0) is 20.5. The standard InChI is InChI=1S/C21H31N3O3S/c1-5-26-18-9-15-7-8-23-21(17(15)10-19(18)27-6-2)20(11-22)28-13-16(25)12-24-14(3)4/h9-10,14,16,23-25H,5-8,12-13H2,1-4H3. The van der Waals surface area contributed by atoms with Gasteiger partial charge in [0.1, 0.15) is 11.0 Å². The Labute approximate surface area is 172 Å². The fourth-order valence-corrected chi connectivity index (χ4v) is 3.84. The summed E-state index contributed by atoms with van der Waals surface area (Å²) in [5.74, 6) is 1.89. The summed E-state index contributed by atoms with van der Waals surface area (Å²) in [6.07, 6.45) is 0.342. The molecule has 0 amide bonds. The number of benzene rings is 1. The lowest BCUT2D eigenvalue weighted by Crippen LogP contribution is -2.33. The lowest BCUT2D eigenvalue weighted by molar-refractivity contribution is 0.192. The molecule has 2 rings (SSSR count). The Bertz CT molecular complexity index is 728. The maximum absolute atomic E-state index is 10.2. The number of nitriles is 1. The number of rotatable bonds is 10. The summed E-state index contributed by atoms with van der Waals surface area (Å²) >= 11 is 1.38. The average molecular weight is 406 g/mol. The van der Waals surface area contributed by atoms with Crippen molar-refractivity contribution in [1.82, 2.24) is 10.6 Å². The van der Waals surface area contributed by atoms with Gasteiger partial charge < -0.3 is 25.2 Å². The lowest BCUT2D eigenvalue weighted by Gasteiger charge is -2.24. The van der Waals surface area contributed by atoms with Gasteiger partial charge in [-0.2, -0.15) is 5.26 Å². The Morgan fingerprint density at radius 3 is 2.57 bits per heavy atom. The number of aliphatic hydroxyl groups is 1. The van der Waals surface area contributed by atoms with E-state index in [-0.39, 0.29) is 0 Å². The van der Waals surface area contributed by atoms with Gasteiger partial charge in [0, 0.05) is 30.4 Å². The fraction of sp³-hybridized carbons (Fsp3) is 0.571. The van der Waals surface area contributed by atoms with Crippen molar-refractivity contribution in [2.75, 3.05) is 32.1 Å². The van der Waals surface area contributed by atoms with Gasteiger partial charge in [-0.25, -0.2) is 0 Å². The van der Waals surface area contributed by atoms with Gasteiger partial charge >= 0.3 is 0 Å². The molecule has 1 aliphatic heterocycles. The molecule has 28 heavy (non-hydrogen) atoms. The van der Waals surface area contributed by atoms with Crippen molar-refractivity contribution < 1.29 is 14.6 Å². The molecule has 1 aromatic carbocycles. The van der Waals surface area contributed by atoms with Gasteiger partial charge in [-0.3, -0.25) is 0 Å².